The van der Waals surface area contributed by atoms with Crippen molar-refractivity contribution in [1.82, 2.24) is 24.7 Å². The van der Waals surface area contributed by atoms with Crippen molar-refractivity contribution in [2.24, 2.45) is 0 Å². The van der Waals surface area contributed by atoms with Gasteiger partial charge < -0.3 is 15.1 Å². The number of amides is 2. The van der Waals surface area contributed by atoms with Crippen LogP contribution in [-0.4, -0.2) is 58.6 Å². The number of likely N-dealkylation sites (tertiary alicyclic amines) is 1. The molecule has 7 nitrogen and oxygen atoms in total. The van der Waals surface area contributed by atoms with Crippen LogP contribution in [-0.2, 0) is 24.9 Å². The number of carbonyl (C=O) groups is 1. The van der Waals surface area contributed by atoms with Crippen molar-refractivity contribution in [3.63, 3.8) is 0 Å². The third-order valence-corrected chi connectivity index (χ3v) is 6.20. The first-order chi connectivity index (χ1) is 12.5. The number of rotatable bonds is 3. The Bertz CT molecular complexity index is 774. The highest BCUT2D eigenvalue weighted by molar-refractivity contribution is 5.74. The van der Waals surface area contributed by atoms with Crippen molar-refractivity contribution in [2.45, 2.75) is 57.5 Å². The maximum atomic E-state index is 13.3. The second-order valence-electron chi connectivity index (χ2n) is 8.06. The molecule has 1 spiro atoms. The molecule has 4 rings (SSSR count). The fourth-order valence-corrected chi connectivity index (χ4v) is 4.67. The number of likely N-dealkylation sites (N-methyl/N-ethyl adjacent to an activating group) is 1. The summed E-state index contributed by atoms with van der Waals surface area (Å²) >= 11 is 0. The van der Waals surface area contributed by atoms with Crippen molar-refractivity contribution < 1.29 is 4.79 Å². The fourth-order valence-electron chi connectivity index (χ4n) is 4.67. The highest BCUT2D eigenvalue weighted by Gasteiger charge is 2.47. The van der Waals surface area contributed by atoms with E-state index in [2.05, 4.69) is 17.1 Å². The average molecular weight is 359 g/mol. The van der Waals surface area contributed by atoms with Gasteiger partial charge in [-0.15, -0.1) is 0 Å². The molecule has 7 heteroatoms. The van der Waals surface area contributed by atoms with E-state index in [9.17, 15) is 9.59 Å². The van der Waals surface area contributed by atoms with E-state index in [0.29, 0.717) is 19.6 Å². The predicted molar refractivity (Wildman–Crippen MR) is 99.3 cm³/mol. The molecule has 0 radical (unpaired) electrons. The van der Waals surface area contributed by atoms with Crippen LogP contribution in [0.25, 0.3) is 0 Å². The number of unbranched alkanes of at least 4 members (excludes halogenated alkanes) is 1. The molecule has 1 fully saturated rings. The Hall–Kier alpha value is -1.89. The van der Waals surface area contributed by atoms with E-state index in [4.69, 9.17) is 4.98 Å². The van der Waals surface area contributed by atoms with Gasteiger partial charge in [0.05, 0.1) is 16.8 Å². The van der Waals surface area contributed by atoms with Crippen LogP contribution in [0, 0.1) is 0 Å². The maximum Gasteiger partial charge on any atom is 0.317 e. The molecule has 0 bridgehead atoms. The molecule has 0 aromatic carbocycles. The average Bonchev–Trinajstić information content (AvgIpc) is 3.21. The number of urea groups is 1. The van der Waals surface area contributed by atoms with E-state index in [-0.39, 0.29) is 17.1 Å². The van der Waals surface area contributed by atoms with Crippen molar-refractivity contribution in [3.05, 3.63) is 27.4 Å². The van der Waals surface area contributed by atoms with Gasteiger partial charge in [0.15, 0.2) is 0 Å². The van der Waals surface area contributed by atoms with Gasteiger partial charge in [-0.1, -0.05) is 13.3 Å². The molecule has 1 atom stereocenters. The lowest BCUT2D eigenvalue weighted by Gasteiger charge is -2.30. The molecule has 2 amide bonds. The summed E-state index contributed by atoms with van der Waals surface area (Å²) in [5, 5.41) is 3.00. The molecule has 142 valence electrons. The molecule has 3 aliphatic rings. The van der Waals surface area contributed by atoms with Gasteiger partial charge in [-0.25, -0.2) is 9.78 Å². The molecule has 26 heavy (non-hydrogen) atoms. The molecule has 0 aliphatic carbocycles. The summed E-state index contributed by atoms with van der Waals surface area (Å²) in [6.07, 6.45) is 5.51. The molecular formula is C19H29N5O2. The summed E-state index contributed by atoms with van der Waals surface area (Å²) in [5.74, 6) is 0.923. The van der Waals surface area contributed by atoms with Gasteiger partial charge in [-0.05, 0) is 26.3 Å². The van der Waals surface area contributed by atoms with E-state index < -0.39 is 0 Å². The van der Waals surface area contributed by atoms with Gasteiger partial charge in [0.1, 0.15) is 5.82 Å². The number of aryl methyl sites for hydroxylation is 1. The largest absolute Gasteiger partial charge is 0.338 e. The first-order valence-corrected chi connectivity index (χ1v) is 9.89. The second kappa shape index (κ2) is 6.68. The zero-order valence-electron chi connectivity index (χ0n) is 15.9. The highest BCUT2D eigenvalue weighted by Crippen LogP contribution is 2.38. The topological polar surface area (TPSA) is 70.5 Å². The molecule has 4 heterocycles. The van der Waals surface area contributed by atoms with Gasteiger partial charge in [0, 0.05) is 45.6 Å². The Morgan fingerprint density at radius 2 is 2.12 bits per heavy atom. The standard InChI is InChI=1S/C19H29N5O2/c1-3-4-9-20-18(26)23-11-8-19(13-23)7-5-16-21-15-6-10-22(2)12-14(15)17(25)24(16)19/h3-13H2,1-2H3,(H,20,26). The van der Waals surface area contributed by atoms with Crippen LogP contribution in [0.2, 0.25) is 0 Å². The quantitative estimate of drug-likeness (QED) is 0.820. The third-order valence-electron chi connectivity index (χ3n) is 6.20. The first-order valence-electron chi connectivity index (χ1n) is 9.89. The van der Waals surface area contributed by atoms with Crippen molar-refractivity contribution in [1.29, 1.82) is 0 Å². The molecule has 1 aromatic rings. The Kier molecular flexibility index (Phi) is 4.50. The maximum absolute atomic E-state index is 13.3. The van der Waals surface area contributed by atoms with Crippen LogP contribution in [0.5, 0.6) is 0 Å². The summed E-state index contributed by atoms with van der Waals surface area (Å²) < 4.78 is 1.95. The highest BCUT2D eigenvalue weighted by atomic mass is 16.2. The molecule has 3 aliphatic heterocycles. The van der Waals surface area contributed by atoms with Gasteiger partial charge >= 0.3 is 6.03 Å². The lowest BCUT2D eigenvalue weighted by Crippen LogP contribution is -2.46. The van der Waals surface area contributed by atoms with Crippen LogP contribution in [0.1, 0.15) is 49.7 Å². The van der Waals surface area contributed by atoms with E-state index in [1.54, 1.807) is 0 Å². The summed E-state index contributed by atoms with van der Waals surface area (Å²) in [5.41, 5.74) is 1.72. The minimum absolute atomic E-state index is 0.00229. The van der Waals surface area contributed by atoms with Crippen molar-refractivity contribution in [2.75, 3.05) is 33.2 Å². The van der Waals surface area contributed by atoms with Crippen LogP contribution in [0.3, 0.4) is 0 Å². The minimum Gasteiger partial charge on any atom is -0.338 e. The lowest BCUT2D eigenvalue weighted by atomic mass is 9.95. The summed E-state index contributed by atoms with van der Waals surface area (Å²) in [6, 6.07) is 0.00229. The Morgan fingerprint density at radius 3 is 2.92 bits per heavy atom. The molecule has 0 saturated carbocycles. The Balaban J connectivity index is 1.59. The zero-order valence-corrected chi connectivity index (χ0v) is 15.9. The summed E-state index contributed by atoms with van der Waals surface area (Å²) in [4.78, 5) is 34.6. The molecular weight excluding hydrogens is 330 g/mol. The number of nitrogens with one attached hydrogen (secondary N) is 1. The van der Waals surface area contributed by atoms with E-state index in [0.717, 1.165) is 68.7 Å². The number of aromatic nitrogens is 2. The van der Waals surface area contributed by atoms with E-state index in [1.807, 2.05) is 16.5 Å². The fraction of sp³-hybridized carbons (Fsp3) is 0.737. The molecule has 1 unspecified atom stereocenters. The van der Waals surface area contributed by atoms with Gasteiger partial charge in [-0.3, -0.25) is 9.36 Å². The van der Waals surface area contributed by atoms with Crippen molar-refractivity contribution >= 4 is 6.03 Å². The predicted octanol–water partition coefficient (Wildman–Crippen LogP) is 1.09. The number of hydrogen-bond donors (Lipinski definition) is 1. The smallest absolute Gasteiger partial charge is 0.317 e. The Labute approximate surface area is 154 Å². The normalized spacial score (nSPS) is 24.8. The molecule has 1 N–H and O–H groups in total. The number of carbonyl (C=O) groups excluding carboxylic acids is 1. The van der Waals surface area contributed by atoms with Crippen LogP contribution >= 0.6 is 0 Å². The lowest BCUT2D eigenvalue weighted by molar-refractivity contribution is 0.199. The minimum atomic E-state index is -0.257. The third kappa shape index (κ3) is 2.82. The monoisotopic (exact) mass is 359 g/mol. The SMILES string of the molecule is CCCCNC(=O)N1CCC2(CCc3nc4c(c(=O)n32)CN(C)CC4)C1. The van der Waals surface area contributed by atoms with Gasteiger partial charge in [0.25, 0.3) is 5.56 Å². The number of hydrogen-bond acceptors (Lipinski definition) is 4. The van der Waals surface area contributed by atoms with Crippen LogP contribution < -0.4 is 10.9 Å². The van der Waals surface area contributed by atoms with Crippen molar-refractivity contribution in [3.8, 4) is 0 Å². The first kappa shape index (κ1) is 17.5. The Morgan fingerprint density at radius 1 is 1.27 bits per heavy atom. The van der Waals surface area contributed by atoms with E-state index >= 15 is 0 Å². The van der Waals surface area contributed by atoms with E-state index in [1.165, 1.54) is 0 Å². The zero-order chi connectivity index (χ0) is 18.3. The summed E-state index contributed by atoms with van der Waals surface area (Å²) in [7, 11) is 2.05. The van der Waals surface area contributed by atoms with Crippen LogP contribution in [0.15, 0.2) is 4.79 Å². The second-order valence-corrected chi connectivity index (χ2v) is 8.06. The number of nitrogens with zero attached hydrogens (tertiary/aromatic N) is 4. The summed E-state index contributed by atoms with van der Waals surface area (Å²) in [6.45, 7) is 5.80. The van der Waals surface area contributed by atoms with Gasteiger partial charge in [-0.2, -0.15) is 0 Å². The van der Waals surface area contributed by atoms with Crippen LogP contribution in [0.4, 0.5) is 4.79 Å². The molecule has 1 aromatic heterocycles. The van der Waals surface area contributed by atoms with Gasteiger partial charge in [0.2, 0.25) is 0 Å². The number of fused-ring (bicyclic) bond motifs is 3. The molecule has 1 saturated heterocycles.